The second kappa shape index (κ2) is 9.65. The van der Waals surface area contributed by atoms with Crippen molar-refractivity contribution >= 4 is 56.5 Å². The molecule has 0 unspecified atom stereocenters. The molecule has 7 heteroatoms. The highest BCUT2D eigenvalue weighted by Gasteiger charge is 2.33. The summed E-state index contributed by atoms with van der Waals surface area (Å²) >= 11 is 5.63. The van der Waals surface area contributed by atoms with Crippen LogP contribution in [0.25, 0.3) is 6.08 Å². The number of nitrogens with zero attached hydrogens (tertiary/aromatic N) is 1. The summed E-state index contributed by atoms with van der Waals surface area (Å²) in [5.74, 6) is 0.428. The highest BCUT2D eigenvalue weighted by molar-refractivity contribution is 14.1. The molecule has 1 aliphatic rings. The average Bonchev–Trinajstić information content (AvgIpc) is 3.02. The second-order valence-electron chi connectivity index (χ2n) is 6.97. The van der Waals surface area contributed by atoms with Crippen molar-refractivity contribution in [2.45, 2.75) is 13.2 Å². The van der Waals surface area contributed by atoms with E-state index in [9.17, 15) is 9.59 Å². The van der Waals surface area contributed by atoms with Crippen LogP contribution in [-0.4, -0.2) is 16.8 Å². The summed E-state index contributed by atoms with van der Waals surface area (Å²) in [6.45, 7) is 0.704. The van der Waals surface area contributed by atoms with Crippen molar-refractivity contribution in [3.8, 4) is 5.75 Å². The first kappa shape index (κ1) is 21.6. The number of hydrogen-bond acceptors (Lipinski definition) is 3. The Balaban J connectivity index is 1.44. The molecule has 0 saturated carbocycles. The van der Waals surface area contributed by atoms with Gasteiger partial charge in [-0.05, 0) is 69.6 Å². The van der Waals surface area contributed by atoms with Gasteiger partial charge >= 0.3 is 6.03 Å². The average molecular weight is 589 g/mol. The van der Waals surface area contributed by atoms with Crippen molar-refractivity contribution in [3.05, 3.63) is 103 Å². The van der Waals surface area contributed by atoms with Crippen LogP contribution in [-0.2, 0) is 17.9 Å². The number of halogens is 2. The van der Waals surface area contributed by atoms with E-state index in [1.54, 1.807) is 6.08 Å². The first-order chi connectivity index (χ1) is 15.0. The minimum Gasteiger partial charge on any atom is -0.488 e. The standard InChI is InChI=1S/C24H18BrIN2O3/c25-19-9-6-17(7-10-19)15-31-22-11-8-18(12-20(22)26)13-21-23(29)28(24(30)27-21)14-16-4-2-1-3-5-16/h1-13H,14-15H2,(H,27,30)/b21-13+. The fraction of sp³-hybridized carbons (Fsp3) is 0.0833. The van der Waals surface area contributed by atoms with Crippen LogP contribution in [0.15, 0.2) is 83.0 Å². The lowest BCUT2D eigenvalue weighted by molar-refractivity contribution is -0.123. The molecular weight excluding hydrogens is 571 g/mol. The summed E-state index contributed by atoms with van der Waals surface area (Å²) in [7, 11) is 0. The third-order valence-corrected chi connectivity index (χ3v) is 6.09. The normalized spacial score (nSPS) is 14.8. The first-order valence-electron chi connectivity index (χ1n) is 9.55. The van der Waals surface area contributed by atoms with E-state index in [0.29, 0.717) is 6.61 Å². The Labute approximate surface area is 202 Å². The van der Waals surface area contributed by atoms with Gasteiger partial charge in [0.2, 0.25) is 0 Å². The van der Waals surface area contributed by atoms with Crippen molar-refractivity contribution in [2.75, 3.05) is 0 Å². The Morgan fingerprint density at radius 2 is 1.71 bits per heavy atom. The minimum absolute atomic E-state index is 0.239. The van der Waals surface area contributed by atoms with Gasteiger partial charge < -0.3 is 10.1 Å². The Hall–Kier alpha value is -2.65. The molecule has 31 heavy (non-hydrogen) atoms. The number of benzene rings is 3. The number of imide groups is 1. The molecule has 1 N–H and O–H groups in total. The molecule has 1 saturated heterocycles. The lowest BCUT2D eigenvalue weighted by Gasteiger charge is -2.11. The number of amides is 3. The van der Waals surface area contributed by atoms with Crippen LogP contribution in [0.3, 0.4) is 0 Å². The van der Waals surface area contributed by atoms with E-state index in [-0.39, 0.29) is 18.1 Å². The lowest BCUT2D eigenvalue weighted by atomic mass is 10.1. The van der Waals surface area contributed by atoms with E-state index in [2.05, 4.69) is 43.8 Å². The van der Waals surface area contributed by atoms with Gasteiger partial charge in [0, 0.05) is 4.47 Å². The molecule has 1 heterocycles. The molecule has 0 aromatic heterocycles. The number of rotatable bonds is 6. The predicted octanol–water partition coefficient (Wildman–Crippen LogP) is 5.73. The van der Waals surface area contributed by atoms with Crippen molar-refractivity contribution < 1.29 is 14.3 Å². The molecule has 156 valence electrons. The van der Waals surface area contributed by atoms with E-state index >= 15 is 0 Å². The van der Waals surface area contributed by atoms with E-state index in [4.69, 9.17) is 4.74 Å². The van der Waals surface area contributed by atoms with Crippen LogP contribution in [0.4, 0.5) is 4.79 Å². The van der Waals surface area contributed by atoms with E-state index in [1.165, 1.54) is 4.90 Å². The Kier molecular flexibility index (Phi) is 6.72. The molecule has 1 aliphatic heterocycles. The van der Waals surface area contributed by atoms with Gasteiger partial charge in [-0.1, -0.05) is 64.5 Å². The van der Waals surface area contributed by atoms with Crippen molar-refractivity contribution in [1.82, 2.24) is 10.2 Å². The third kappa shape index (κ3) is 5.34. The smallest absolute Gasteiger partial charge is 0.329 e. The summed E-state index contributed by atoms with van der Waals surface area (Å²) in [4.78, 5) is 26.2. The van der Waals surface area contributed by atoms with Crippen molar-refractivity contribution in [2.24, 2.45) is 0 Å². The van der Waals surface area contributed by atoms with Crippen LogP contribution in [0.1, 0.15) is 16.7 Å². The van der Waals surface area contributed by atoms with Gasteiger partial charge in [0.25, 0.3) is 5.91 Å². The number of carbonyl (C=O) groups is 2. The fourth-order valence-corrected chi connectivity index (χ4v) is 4.07. The molecule has 4 rings (SSSR count). The van der Waals surface area contributed by atoms with Gasteiger partial charge in [0.05, 0.1) is 10.1 Å². The zero-order valence-electron chi connectivity index (χ0n) is 16.3. The van der Waals surface area contributed by atoms with Crippen LogP contribution in [0.2, 0.25) is 0 Å². The van der Waals surface area contributed by atoms with Crippen molar-refractivity contribution in [1.29, 1.82) is 0 Å². The molecular formula is C24H18BrIN2O3. The summed E-state index contributed by atoms with van der Waals surface area (Å²) < 4.78 is 7.87. The Morgan fingerprint density at radius 1 is 0.968 bits per heavy atom. The molecule has 3 aromatic rings. The zero-order valence-corrected chi connectivity index (χ0v) is 20.1. The quantitative estimate of drug-likeness (QED) is 0.227. The molecule has 0 aliphatic carbocycles. The number of ether oxygens (including phenoxy) is 1. The molecule has 0 spiro atoms. The monoisotopic (exact) mass is 588 g/mol. The number of urea groups is 1. The van der Waals surface area contributed by atoms with Gasteiger partial charge in [0.15, 0.2) is 0 Å². The zero-order chi connectivity index (χ0) is 21.8. The molecule has 1 fully saturated rings. The topological polar surface area (TPSA) is 58.6 Å². The van der Waals surface area contributed by atoms with Crippen LogP contribution >= 0.6 is 38.5 Å². The Bertz CT molecular complexity index is 1150. The molecule has 3 amide bonds. The number of nitrogens with one attached hydrogen (secondary N) is 1. The maximum atomic E-state index is 12.7. The molecule has 0 atom stereocenters. The van der Waals surface area contributed by atoms with Gasteiger partial charge in [-0.25, -0.2) is 4.79 Å². The number of hydrogen-bond donors (Lipinski definition) is 1. The fourth-order valence-electron chi connectivity index (χ4n) is 3.11. The van der Waals surface area contributed by atoms with E-state index in [1.807, 2.05) is 72.8 Å². The van der Waals surface area contributed by atoms with Gasteiger partial charge in [0.1, 0.15) is 18.1 Å². The predicted molar refractivity (Wildman–Crippen MR) is 131 cm³/mol. The number of carbonyl (C=O) groups excluding carboxylic acids is 2. The maximum absolute atomic E-state index is 12.7. The first-order valence-corrected chi connectivity index (χ1v) is 11.4. The van der Waals surface area contributed by atoms with Crippen LogP contribution in [0.5, 0.6) is 5.75 Å². The molecule has 3 aromatic carbocycles. The summed E-state index contributed by atoms with van der Waals surface area (Å²) in [5.41, 5.74) is 3.04. The maximum Gasteiger partial charge on any atom is 0.329 e. The van der Waals surface area contributed by atoms with Crippen molar-refractivity contribution in [3.63, 3.8) is 0 Å². The second-order valence-corrected chi connectivity index (χ2v) is 9.05. The molecule has 5 nitrogen and oxygen atoms in total. The minimum atomic E-state index is -0.413. The van der Waals surface area contributed by atoms with Crippen LogP contribution < -0.4 is 10.1 Å². The highest BCUT2D eigenvalue weighted by atomic mass is 127. The summed E-state index contributed by atoms with van der Waals surface area (Å²) in [6.07, 6.45) is 1.69. The van der Waals surface area contributed by atoms with Gasteiger partial charge in [-0.2, -0.15) is 0 Å². The summed E-state index contributed by atoms with van der Waals surface area (Å²) in [5, 5.41) is 2.67. The van der Waals surface area contributed by atoms with Gasteiger partial charge in [-0.15, -0.1) is 0 Å². The highest BCUT2D eigenvalue weighted by Crippen LogP contribution is 2.25. The largest absolute Gasteiger partial charge is 0.488 e. The van der Waals surface area contributed by atoms with Gasteiger partial charge in [-0.3, -0.25) is 9.69 Å². The van der Waals surface area contributed by atoms with E-state index < -0.39 is 6.03 Å². The lowest BCUT2D eigenvalue weighted by Crippen LogP contribution is -2.30. The third-order valence-electron chi connectivity index (χ3n) is 4.72. The van der Waals surface area contributed by atoms with E-state index in [0.717, 1.165) is 30.5 Å². The van der Waals surface area contributed by atoms with Crippen LogP contribution in [0, 0.1) is 3.57 Å². The molecule has 0 bridgehead atoms. The molecule has 0 radical (unpaired) electrons. The SMILES string of the molecule is O=C1N/C(=C/c2ccc(OCc3ccc(Br)cc3)c(I)c2)C(=O)N1Cc1ccccc1. The summed E-state index contributed by atoms with van der Waals surface area (Å²) in [6, 6.07) is 22.6. The Morgan fingerprint density at radius 3 is 2.42 bits per heavy atom.